The molecular formula is C25H19BrFNO4S. The predicted molar refractivity (Wildman–Crippen MR) is 129 cm³/mol. The maximum absolute atomic E-state index is 13.2. The highest BCUT2D eigenvalue weighted by Crippen LogP contribution is 2.38. The molecule has 0 bridgehead atoms. The number of imide groups is 1. The first-order valence-corrected chi connectivity index (χ1v) is 11.6. The van der Waals surface area contributed by atoms with Gasteiger partial charge in [-0.3, -0.25) is 14.5 Å². The normalized spacial score (nSPS) is 14.8. The Hall–Kier alpha value is -3.10. The highest BCUT2D eigenvalue weighted by Gasteiger charge is 2.35. The third-order valence-electron chi connectivity index (χ3n) is 4.94. The lowest BCUT2D eigenvalue weighted by atomic mass is 10.1. The van der Waals surface area contributed by atoms with E-state index in [2.05, 4.69) is 15.9 Å². The smallest absolute Gasteiger partial charge is 0.293 e. The van der Waals surface area contributed by atoms with E-state index in [1.54, 1.807) is 43.5 Å². The zero-order valence-corrected chi connectivity index (χ0v) is 20.0. The van der Waals surface area contributed by atoms with E-state index in [1.807, 2.05) is 24.3 Å². The van der Waals surface area contributed by atoms with Crippen molar-refractivity contribution in [3.8, 4) is 11.5 Å². The first-order valence-electron chi connectivity index (χ1n) is 9.98. The van der Waals surface area contributed by atoms with E-state index >= 15 is 0 Å². The lowest BCUT2D eigenvalue weighted by Crippen LogP contribution is -2.27. The van der Waals surface area contributed by atoms with E-state index in [9.17, 15) is 14.0 Å². The highest BCUT2D eigenvalue weighted by atomic mass is 79.9. The van der Waals surface area contributed by atoms with E-state index < -0.39 is 5.91 Å². The highest BCUT2D eigenvalue weighted by molar-refractivity contribution is 9.10. The van der Waals surface area contributed by atoms with Gasteiger partial charge < -0.3 is 9.47 Å². The third kappa shape index (κ3) is 5.46. The quantitative estimate of drug-likeness (QED) is 0.332. The number of ether oxygens (including phenoxy) is 2. The molecule has 2 amide bonds. The molecule has 168 valence electrons. The van der Waals surface area contributed by atoms with Gasteiger partial charge in [-0.25, -0.2) is 4.39 Å². The molecule has 3 aromatic rings. The first-order chi connectivity index (χ1) is 15.9. The molecule has 1 fully saturated rings. The van der Waals surface area contributed by atoms with Gasteiger partial charge in [-0.2, -0.15) is 0 Å². The number of hydrogen-bond donors (Lipinski definition) is 0. The fourth-order valence-corrected chi connectivity index (χ4v) is 4.34. The second kappa shape index (κ2) is 10.2. The number of carbonyl (C=O) groups excluding carboxylic acids is 2. The van der Waals surface area contributed by atoms with Gasteiger partial charge in [0.2, 0.25) is 0 Å². The molecule has 0 atom stereocenters. The molecule has 1 aliphatic heterocycles. The van der Waals surface area contributed by atoms with Crippen LogP contribution in [0.5, 0.6) is 11.5 Å². The summed E-state index contributed by atoms with van der Waals surface area (Å²) in [6.07, 6.45) is 1.63. The van der Waals surface area contributed by atoms with Gasteiger partial charge in [0.25, 0.3) is 11.1 Å². The van der Waals surface area contributed by atoms with Crippen molar-refractivity contribution in [2.24, 2.45) is 0 Å². The summed E-state index contributed by atoms with van der Waals surface area (Å²) >= 11 is 4.27. The lowest BCUT2D eigenvalue weighted by molar-refractivity contribution is -0.123. The predicted octanol–water partition coefficient (Wildman–Crippen LogP) is 6.41. The molecule has 8 heteroatoms. The van der Waals surface area contributed by atoms with Crippen LogP contribution in [0.2, 0.25) is 0 Å². The number of methoxy groups -OCH3 is 1. The summed E-state index contributed by atoms with van der Waals surface area (Å²) in [5, 5.41) is -0.379. The maximum Gasteiger partial charge on any atom is 0.293 e. The van der Waals surface area contributed by atoms with Crippen LogP contribution in [-0.2, 0) is 17.9 Å². The number of nitrogens with zero attached hydrogens (tertiary/aromatic N) is 1. The maximum atomic E-state index is 13.2. The van der Waals surface area contributed by atoms with E-state index in [1.165, 1.54) is 12.1 Å². The molecule has 1 saturated heterocycles. The second-order valence-electron chi connectivity index (χ2n) is 7.19. The number of halogens is 2. The topological polar surface area (TPSA) is 55.8 Å². The largest absolute Gasteiger partial charge is 0.493 e. The molecule has 0 aliphatic carbocycles. The Morgan fingerprint density at radius 3 is 2.39 bits per heavy atom. The molecule has 1 heterocycles. The second-order valence-corrected chi connectivity index (χ2v) is 9.10. The number of carbonyl (C=O) groups is 2. The molecule has 0 unspecified atom stereocenters. The van der Waals surface area contributed by atoms with Gasteiger partial charge in [-0.1, -0.05) is 52.3 Å². The van der Waals surface area contributed by atoms with Crippen LogP contribution in [0.25, 0.3) is 6.08 Å². The lowest BCUT2D eigenvalue weighted by Gasteiger charge is -2.14. The van der Waals surface area contributed by atoms with Crippen molar-refractivity contribution in [2.75, 3.05) is 7.11 Å². The average Bonchev–Trinajstić information content (AvgIpc) is 3.07. The van der Waals surface area contributed by atoms with Crippen LogP contribution in [0.15, 0.2) is 76.1 Å². The first kappa shape index (κ1) is 23.1. The van der Waals surface area contributed by atoms with Gasteiger partial charge in [0.1, 0.15) is 12.4 Å². The molecule has 0 radical (unpaired) electrons. The summed E-state index contributed by atoms with van der Waals surface area (Å²) in [5.41, 5.74) is 2.26. The van der Waals surface area contributed by atoms with Crippen molar-refractivity contribution >= 4 is 44.9 Å². The van der Waals surface area contributed by atoms with E-state index in [4.69, 9.17) is 9.47 Å². The molecule has 0 saturated carbocycles. The molecule has 0 spiro atoms. The molecule has 0 N–H and O–H groups in total. The van der Waals surface area contributed by atoms with Crippen LogP contribution in [0.4, 0.5) is 9.18 Å². The Balaban J connectivity index is 1.57. The molecule has 33 heavy (non-hydrogen) atoms. The fourth-order valence-electron chi connectivity index (χ4n) is 3.25. The molecule has 5 nitrogen and oxygen atoms in total. The average molecular weight is 528 g/mol. The van der Waals surface area contributed by atoms with Crippen LogP contribution in [0.1, 0.15) is 16.7 Å². The van der Waals surface area contributed by atoms with Crippen molar-refractivity contribution in [1.29, 1.82) is 0 Å². The number of para-hydroxylation sites is 1. The van der Waals surface area contributed by atoms with Crippen molar-refractivity contribution < 1.29 is 23.5 Å². The minimum Gasteiger partial charge on any atom is -0.493 e. The molecule has 1 aliphatic rings. The van der Waals surface area contributed by atoms with Gasteiger partial charge in [-0.05, 0) is 59.3 Å². The monoisotopic (exact) mass is 527 g/mol. The Bertz CT molecular complexity index is 1210. The zero-order chi connectivity index (χ0) is 23.4. The number of thioether (sulfide) groups is 1. The summed E-state index contributed by atoms with van der Waals surface area (Å²) in [6.45, 7) is 0.383. The SMILES string of the molecule is COc1cccc(/C=C2\SC(=O)N(Cc3ccc(F)cc3)C2=O)c1OCc1ccc(Br)cc1. The minimum absolute atomic E-state index is 0.0767. The van der Waals surface area contributed by atoms with Gasteiger partial charge in [0.15, 0.2) is 11.5 Å². The summed E-state index contributed by atoms with van der Waals surface area (Å²) in [5.74, 6) is 0.220. The molecule has 4 rings (SSSR count). The van der Waals surface area contributed by atoms with Crippen LogP contribution < -0.4 is 9.47 Å². The fraction of sp³-hybridized carbons (Fsp3) is 0.120. The summed E-state index contributed by atoms with van der Waals surface area (Å²) in [6, 6.07) is 18.8. The Morgan fingerprint density at radius 2 is 1.70 bits per heavy atom. The van der Waals surface area contributed by atoms with Crippen LogP contribution in [0.3, 0.4) is 0 Å². The Labute approximate surface area is 203 Å². The zero-order valence-electron chi connectivity index (χ0n) is 17.6. The van der Waals surface area contributed by atoms with Crippen molar-refractivity contribution in [2.45, 2.75) is 13.2 Å². The number of benzene rings is 3. The van der Waals surface area contributed by atoms with Crippen LogP contribution >= 0.6 is 27.7 Å². The van der Waals surface area contributed by atoms with E-state index in [0.717, 1.165) is 26.7 Å². The molecule has 0 aromatic heterocycles. The standard InChI is InChI=1S/C25H19BrFNO4S/c1-31-21-4-2-3-18(23(21)32-15-17-5-9-19(26)10-6-17)13-22-24(29)28(25(30)33-22)14-16-7-11-20(27)12-8-16/h2-13H,14-15H2,1H3/b22-13-. The molecular weight excluding hydrogens is 509 g/mol. The van der Waals surface area contributed by atoms with Gasteiger partial charge in [-0.15, -0.1) is 0 Å². The van der Waals surface area contributed by atoms with Gasteiger partial charge in [0, 0.05) is 10.0 Å². The van der Waals surface area contributed by atoms with Gasteiger partial charge >= 0.3 is 0 Å². The van der Waals surface area contributed by atoms with Crippen molar-refractivity contribution in [1.82, 2.24) is 4.90 Å². The van der Waals surface area contributed by atoms with E-state index in [-0.39, 0.29) is 22.5 Å². The minimum atomic E-state index is -0.406. The molecule has 3 aromatic carbocycles. The van der Waals surface area contributed by atoms with Crippen molar-refractivity contribution in [3.05, 3.63) is 98.6 Å². The van der Waals surface area contributed by atoms with Crippen LogP contribution in [0, 0.1) is 5.82 Å². The number of hydrogen-bond acceptors (Lipinski definition) is 5. The Morgan fingerprint density at radius 1 is 1.00 bits per heavy atom. The van der Waals surface area contributed by atoms with E-state index in [0.29, 0.717) is 29.2 Å². The summed E-state index contributed by atoms with van der Waals surface area (Å²) in [4.78, 5) is 26.9. The Kier molecular flexibility index (Phi) is 7.15. The number of rotatable bonds is 7. The van der Waals surface area contributed by atoms with Gasteiger partial charge in [0.05, 0.1) is 18.6 Å². The number of amides is 2. The summed E-state index contributed by atoms with van der Waals surface area (Å²) < 4.78 is 25.6. The van der Waals surface area contributed by atoms with Crippen molar-refractivity contribution in [3.63, 3.8) is 0 Å². The summed E-state index contributed by atoms with van der Waals surface area (Å²) in [7, 11) is 1.54. The van der Waals surface area contributed by atoms with Crippen LogP contribution in [-0.4, -0.2) is 23.2 Å². The third-order valence-corrected chi connectivity index (χ3v) is 6.38.